The number of nitrogens with one attached hydrogen (secondary N) is 1. The predicted molar refractivity (Wildman–Crippen MR) is 108 cm³/mol. The van der Waals surface area contributed by atoms with Gasteiger partial charge >= 0.3 is 0 Å². The highest BCUT2D eigenvalue weighted by atomic mass is 32.2. The Morgan fingerprint density at radius 2 is 1.72 bits per heavy atom. The topological polar surface area (TPSA) is 84.9 Å². The minimum Gasteiger partial charge on any atom is -0.454 e. The van der Waals surface area contributed by atoms with Crippen LogP contribution in [-0.4, -0.2) is 44.6 Å². The van der Waals surface area contributed by atoms with Gasteiger partial charge in [0.1, 0.15) is 0 Å². The van der Waals surface area contributed by atoms with E-state index in [2.05, 4.69) is 5.32 Å². The molecule has 0 aromatic heterocycles. The number of carbonyl (C=O) groups is 1. The standard InChI is InChI=1S/C21H24N2O5S/c1-14-3-5-18(11-15(14)2)29(25,26)23-9-7-17(8-10-23)22-21(24)16-4-6-19-20(12-16)28-13-27-19/h3-6,11-12,17H,7-10,13H2,1-2H3,(H,22,24). The largest absolute Gasteiger partial charge is 0.454 e. The minimum absolute atomic E-state index is 0.0703. The van der Waals surface area contributed by atoms with Crippen molar-refractivity contribution in [1.82, 2.24) is 9.62 Å². The van der Waals surface area contributed by atoms with Crippen LogP contribution < -0.4 is 14.8 Å². The maximum Gasteiger partial charge on any atom is 0.251 e. The molecule has 0 aliphatic carbocycles. The zero-order valence-electron chi connectivity index (χ0n) is 16.5. The molecule has 0 spiro atoms. The van der Waals surface area contributed by atoms with Crippen LogP contribution in [0.5, 0.6) is 11.5 Å². The van der Waals surface area contributed by atoms with Crippen molar-refractivity contribution in [2.45, 2.75) is 37.6 Å². The van der Waals surface area contributed by atoms with E-state index in [9.17, 15) is 13.2 Å². The van der Waals surface area contributed by atoms with Gasteiger partial charge in [-0.3, -0.25) is 4.79 Å². The summed E-state index contributed by atoms with van der Waals surface area (Å²) in [7, 11) is -3.52. The summed E-state index contributed by atoms with van der Waals surface area (Å²) < 4.78 is 37.9. The van der Waals surface area contributed by atoms with Crippen molar-refractivity contribution >= 4 is 15.9 Å². The molecule has 154 valence electrons. The van der Waals surface area contributed by atoms with Gasteiger partial charge in [-0.25, -0.2) is 8.42 Å². The molecule has 0 saturated carbocycles. The molecule has 0 bridgehead atoms. The molecule has 1 N–H and O–H groups in total. The summed E-state index contributed by atoms with van der Waals surface area (Å²) in [5.41, 5.74) is 2.52. The van der Waals surface area contributed by atoms with E-state index in [-0.39, 0.29) is 18.7 Å². The van der Waals surface area contributed by atoms with Gasteiger partial charge in [-0.2, -0.15) is 4.31 Å². The van der Waals surface area contributed by atoms with Gasteiger partial charge in [-0.15, -0.1) is 0 Å². The lowest BCUT2D eigenvalue weighted by molar-refractivity contribution is 0.0923. The Hall–Kier alpha value is -2.58. The molecule has 2 aliphatic heterocycles. The molecular formula is C21H24N2O5S. The van der Waals surface area contributed by atoms with Gasteiger partial charge in [0.2, 0.25) is 16.8 Å². The number of ether oxygens (including phenoxy) is 2. The second-order valence-electron chi connectivity index (χ2n) is 7.47. The number of carbonyl (C=O) groups excluding carboxylic acids is 1. The van der Waals surface area contributed by atoms with Crippen molar-refractivity contribution in [3.63, 3.8) is 0 Å². The molecular weight excluding hydrogens is 392 g/mol. The Balaban J connectivity index is 1.37. The normalized spacial score (nSPS) is 17.3. The van der Waals surface area contributed by atoms with Gasteiger partial charge in [0.25, 0.3) is 5.91 Å². The zero-order chi connectivity index (χ0) is 20.6. The molecule has 1 saturated heterocycles. The number of piperidine rings is 1. The Morgan fingerprint density at radius 1 is 1.00 bits per heavy atom. The monoisotopic (exact) mass is 416 g/mol. The van der Waals surface area contributed by atoms with Gasteiger partial charge in [0.15, 0.2) is 11.5 Å². The fraction of sp³-hybridized carbons (Fsp3) is 0.381. The molecule has 7 nitrogen and oxygen atoms in total. The highest BCUT2D eigenvalue weighted by Crippen LogP contribution is 2.32. The molecule has 0 radical (unpaired) electrons. The van der Waals surface area contributed by atoms with Crippen LogP contribution in [0.2, 0.25) is 0 Å². The van der Waals surface area contributed by atoms with Crippen LogP contribution >= 0.6 is 0 Å². The van der Waals surface area contributed by atoms with Gasteiger partial charge in [-0.05, 0) is 68.1 Å². The molecule has 1 fully saturated rings. The van der Waals surface area contributed by atoms with E-state index in [1.807, 2.05) is 19.9 Å². The first-order valence-corrected chi connectivity index (χ1v) is 11.1. The van der Waals surface area contributed by atoms with Crippen LogP contribution in [0.1, 0.15) is 34.3 Å². The van der Waals surface area contributed by atoms with Gasteiger partial charge in [0, 0.05) is 24.7 Å². The first kappa shape index (κ1) is 19.7. The lowest BCUT2D eigenvalue weighted by atomic mass is 10.1. The van der Waals surface area contributed by atoms with Gasteiger partial charge < -0.3 is 14.8 Å². The molecule has 1 amide bonds. The number of nitrogens with zero attached hydrogens (tertiary/aromatic N) is 1. The number of rotatable bonds is 4. The fourth-order valence-corrected chi connectivity index (χ4v) is 5.13. The third-order valence-corrected chi connectivity index (χ3v) is 7.43. The molecule has 2 heterocycles. The summed E-state index contributed by atoms with van der Waals surface area (Å²) in [5, 5.41) is 3.00. The van der Waals surface area contributed by atoms with Crippen LogP contribution in [-0.2, 0) is 10.0 Å². The average Bonchev–Trinajstić information content (AvgIpc) is 3.18. The first-order chi connectivity index (χ1) is 13.8. The highest BCUT2D eigenvalue weighted by Gasteiger charge is 2.30. The van der Waals surface area contributed by atoms with Crippen LogP contribution in [0.3, 0.4) is 0 Å². The SMILES string of the molecule is Cc1ccc(S(=O)(=O)N2CCC(NC(=O)c3ccc4c(c3)OCO4)CC2)cc1C. The molecule has 8 heteroatoms. The summed E-state index contributed by atoms with van der Waals surface area (Å²) in [6, 6.07) is 10.2. The zero-order valence-corrected chi connectivity index (χ0v) is 17.3. The van der Waals surface area contributed by atoms with Crippen molar-refractivity contribution in [1.29, 1.82) is 0 Å². The predicted octanol–water partition coefficient (Wildman–Crippen LogP) is 2.62. The molecule has 29 heavy (non-hydrogen) atoms. The number of sulfonamides is 1. The quantitative estimate of drug-likeness (QED) is 0.828. The third-order valence-electron chi connectivity index (χ3n) is 5.54. The summed E-state index contributed by atoms with van der Waals surface area (Å²) in [4.78, 5) is 12.9. The number of amides is 1. The Labute approximate surface area is 170 Å². The Morgan fingerprint density at radius 3 is 2.45 bits per heavy atom. The van der Waals surface area contributed by atoms with Crippen molar-refractivity contribution in [3.8, 4) is 11.5 Å². The first-order valence-electron chi connectivity index (χ1n) is 9.62. The summed E-state index contributed by atoms with van der Waals surface area (Å²) >= 11 is 0. The van der Waals surface area contributed by atoms with Gasteiger partial charge in [0.05, 0.1) is 4.90 Å². The molecule has 0 atom stereocenters. The molecule has 2 aromatic rings. The van der Waals surface area contributed by atoms with Crippen molar-refractivity contribution in [3.05, 3.63) is 53.1 Å². The Kier molecular flexibility index (Phi) is 5.23. The maximum absolute atomic E-state index is 12.9. The lowest BCUT2D eigenvalue weighted by Gasteiger charge is -2.31. The fourth-order valence-electron chi connectivity index (χ4n) is 3.57. The second-order valence-corrected chi connectivity index (χ2v) is 9.40. The van der Waals surface area contributed by atoms with E-state index in [1.165, 1.54) is 4.31 Å². The molecule has 2 aliphatic rings. The summed E-state index contributed by atoms with van der Waals surface area (Å²) in [5.74, 6) is 0.997. The molecule has 0 unspecified atom stereocenters. The average molecular weight is 416 g/mol. The van der Waals surface area contributed by atoms with E-state index in [4.69, 9.17) is 9.47 Å². The smallest absolute Gasteiger partial charge is 0.251 e. The number of benzene rings is 2. The van der Waals surface area contributed by atoms with Crippen LogP contribution in [0.15, 0.2) is 41.3 Å². The number of fused-ring (bicyclic) bond motifs is 1. The number of hydrogen-bond donors (Lipinski definition) is 1. The van der Waals surface area contributed by atoms with E-state index < -0.39 is 10.0 Å². The van der Waals surface area contributed by atoms with Gasteiger partial charge in [-0.1, -0.05) is 6.07 Å². The van der Waals surface area contributed by atoms with Crippen molar-refractivity contribution in [2.75, 3.05) is 19.9 Å². The summed E-state index contributed by atoms with van der Waals surface area (Å²) in [6.45, 7) is 4.78. The Bertz CT molecular complexity index is 1040. The van der Waals surface area contributed by atoms with E-state index in [0.717, 1.165) is 11.1 Å². The second kappa shape index (κ2) is 7.68. The van der Waals surface area contributed by atoms with Crippen LogP contribution in [0.25, 0.3) is 0 Å². The summed E-state index contributed by atoms with van der Waals surface area (Å²) in [6.07, 6.45) is 1.14. The molecule has 2 aromatic carbocycles. The number of hydrogen-bond acceptors (Lipinski definition) is 5. The van der Waals surface area contributed by atoms with Crippen molar-refractivity contribution < 1.29 is 22.7 Å². The number of aryl methyl sites for hydroxylation is 2. The van der Waals surface area contributed by atoms with E-state index in [0.29, 0.717) is 47.9 Å². The highest BCUT2D eigenvalue weighted by molar-refractivity contribution is 7.89. The third kappa shape index (κ3) is 3.95. The maximum atomic E-state index is 12.9. The van der Waals surface area contributed by atoms with E-state index >= 15 is 0 Å². The van der Waals surface area contributed by atoms with Crippen LogP contribution in [0, 0.1) is 13.8 Å². The van der Waals surface area contributed by atoms with Crippen molar-refractivity contribution in [2.24, 2.45) is 0 Å². The van der Waals surface area contributed by atoms with Crippen LogP contribution in [0.4, 0.5) is 0 Å². The minimum atomic E-state index is -3.52. The lowest BCUT2D eigenvalue weighted by Crippen LogP contribution is -2.46. The molecule has 4 rings (SSSR count). The van der Waals surface area contributed by atoms with E-state index in [1.54, 1.807) is 30.3 Å².